The Balaban J connectivity index is 1.85. The number of hydrogen-bond donors (Lipinski definition) is 7. The van der Waals surface area contributed by atoms with Crippen molar-refractivity contribution in [3.05, 3.63) is 0 Å². The lowest BCUT2D eigenvalue weighted by molar-refractivity contribution is -0.296. The van der Waals surface area contributed by atoms with Gasteiger partial charge in [-0.2, -0.15) is 0 Å². The van der Waals surface area contributed by atoms with Crippen molar-refractivity contribution in [3.8, 4) is 0 Å². The van der Waals surface area contributed by atoms with Gasteiger partial charge in [0.15, 0.2) is 18.9 Å². The van der Waals surface area contributed by atoms with Gasteiger partial charge >= 0.3 is 0 Å². The number of hydrogen-bond acceptors (Lipinski definition) is 12. The summed E-state index contributed by atoms with van der Waals surface area (Å²) in [6.07, 6.45) is -13.4. The van der Waals surface area contributed by atoms with Crippen LogP contribution in [0.2, 0.25) is 0 Å². The number of ether oxygens (including phenoxy) is 5. The van der Waals surface area contributed by atoms with Crippen LogP contribution in [0.3, 0.4) is 0 Å². The number of rotatable bonds is 10. The molecule has 0 aliphatic carbocycles. The average Bonchev–Trinajstić information content (AvgIpc) is 2.96. The molecule has 0 aromatic carbocycles. The van der Waals surface area contributed by atoms with Crippen LogP contribution < -0.4 is 0 Å². The monoisotopic (exact) mass is 442 g/mol. The summed E-state index contributed by atoms with van der Waals surface area (Å²) >= 11 is 0. The Kier molecular flexibility index (Phi) is 9.80. The van der Waals surface area contributed by atoms with Crippen LogP contribution in [0.4, 0.5) is 0 Å². The molecule has 0 radical (unpaired) electrons. The molecule has 10 unspecified atom stereocenters. The molecule has 0 aromatic rings. The van der Waals surface area contributed by atoms with Gasteiger partial charge in [0.05, 0.1) is 25.9 Å². The van der Waals surface area contributed by atoms with Crippen LogP contribution in [0.5, 0.6) is 0 Å². The molecule has 11 atom stereocenters. The van der Waals surface area contributed by atoms with Gasteiger partial charge in [-0.1, -0.05) is 13.8 Å². The molecule has 7 N–H and O–H groups in total. The molecule has 0 amide bonds. The van der Waals surface area contributed by atoms with E-state index in [-0.39, 0.29) is 19.1 Å². The summed E-state index contributed by atoms with van der Waals surface area (Å²) in [7, 11) is 0. The fraction of sp³-hybridized carbons (Fsp3) is 1.00. The highest BCUT2D eigenvalue weighted by Crippen LogP contribution is 2.25. The summed E-state index contributed by atoms with van der Waals surface area (Å²) in [5.41, 5.74) is 0. The highest BCUT2D eigenvalue weighted by atomic mass is 16.8. The van der Waals surface area contributed by atoms with E-state index in [1.54, 1.807) is 20.8 Å². The molecule has 0 spiro atoms. The minimum absolute atomic E-state index is 0.0372. The zero-order chi connectivity index (χ0) is 22.6. The number of aliphatic hydroxyl groups is 7. The molecule has 2 heterocycles. The van der Waals surface area contributed by atoms with Gasteiger partial charge in [0.1, 0.15) is 42.7 Å². The molecule has 30 heavy (non-hydrogen) atoms. The normalized spacial score (nSPS) is 40.5. The summed E-state index contributed by atoms with van der Waals surface area (Å²) in [6.45, 7) is 4.42. The predicted molar refractivity (Wildman–Crippen MR) is 97.7 cm³/mol. The van der Waals surface area contributed by atoms with E-state index in [1.807, 2.05) is 0 Å². The van der Waals surface area contributed by atoms with E-state index in [1.165, 1.54) is 0 Å². The van der Waals surface area contributed by atoms with Gasteiger partial charge in [0.2, 0.25) is 0 Å². The Hall–Kier alpha value is -0.480. The van der Waals surface area contributed by atoms with Crippen molar-refractivity contribution in [1.82, 2.24) is 0 Å². The molecule has 2 rings (SSSR count). The molecule has 2 aliphatic heterocycles. The van der Waals surface area contributed by atoms with Crippen molar-refractivity contribution in [2.24, 2.45) is 5.92 Å². The molecule has 2 aliphatic rings. The Morgan fingerprint density at radius 3 is 2.10 bits per heavy atom. The zero-order valence-corrected chi connectivity index (χ0v) is 17.2. The second-order valence-corrected chi connectivity index (χ2v) is 7.97. The first kappa shape index (κ1) is 25.8. The lowest BCUT2D eigenvalue weighted by Crippen LogP contribution is -2.54. The van der Waals surface area contributed by atoms with Crippen LogP contribution in [0.1, 0.15) is 20.8 Å². The van der Waals surface area contributed by atoms with E-state index in [9.17, 15) is 30.6 Å². The molecule has 12 heteroatoms. The average molecular weight is 442 g/mol. The second kappa shape index (κ2) is 11.4. The van der Waals surface area contributed by atoms with Crippen molar-refractivity contribution in [3.63, 3.8) is 0 Å². The highest BCUT2D eigenvalue weighted by Gasteiger charge is 2.45. The Labute approximate surface area is 174 Å². The largest absolute Gasteiger partial charge is 0.394 e. The molecular weight excluding hydrogens is 408 g/mol. The molecule has 12 nitrogen and oxygen atoms in total. The van der Waals surface area contributed by atoms with Crippen molar-refractivity contribution in [1.29, 1.82) is 0 Å². The molecule has 0 aromatic heterocycles. The van der Waals surface area contributed by atoms with Crippen LogP contribution in [0, 0.1) is 5.92 Å². The zero-order valence-electron chi connectivity index (χ0n) is 17.2. The lowest BCUT2D eigenvalue weighted by Gasteiger charge is -2.36. The van der Waals surface area contributed by atoms with Gasteiger partial charge in [-0.05, 0) is 12.8 Å². The summed E-state index contributed by atoms with van der Waals surface area (Å²) in [5.74, 6) is -0.224. The van der Waals surface area contributed by atoms with Gasteiger partial charge in [0, 0.05) is 0 Å². The van der Waals surface area contributed by atoms with Crippen molar-refractivity contribution < 1.29 is 59.4 Å². The SMILES string of the molecule is CC(COC(C(C)C)[C@H](O)OC1OC(CO)C(O)C1O)OC1OCC(O)C(O)C1O. The minimum Gasteiger partial charge on any atom is -0.394 e. The predicted octanol–water partition coefficient (Wildman–Crippen LogP) is -3.35. The summed E-state index contributed by atoms with van der Waals surface area (Å²) < 4.78 is 26.9. The molecule has 0 bridgehead atoms. The first-order chi connectivity index (χ1) is 14.1. The standard InChI is InChI=1S/C18H34O12/c1-7(2)15(16(25)30-18-14(24)12(22)10(4-19)29-18)26-5-8(3)28-17-13(23)11(21)9(20)6-27-17/h7-25H,4-6H2,1-3H3/t8?,9?,10?,11?,12?,13?,14?,15?,16-,17?,18?/m1/s1. The molecule has 2 saturated heterocycles. The van der Waals surface area contributed by atoms with Gasteiger partial charge in [-0.15, -0.1) is 0 Å². The third kappa shape index (κ3) is 6.28. The summed E-state index contributed by atoms with van der Waals surface area (Å²) in [5, 5.41) is 68.3. The van der Waals surface area contributed by atoms with Gasteiger partial charge < -0.3 is 59.4 Å². The molecular formula is C18H34O12. The van der Waals surface area contributed by atoms with Gasteiger partial charge in [0.25, 0.3) is 0 Å². The summed E-state index contributed by atoms with van der Waals surface area (Å²) in [4.78, 5) is 0. The van der Waals surface area contributed by atoms with E-state index in [0.29, 0.717) is 0 Å². The van der Waals surface area contributed by atoms with E-state index in [0.717, 1.165) is 0 Å². The Morgan fingerprint density at radius 2 is 1.53 bits per heavy atom. The second-order valence-electron chi connectivity index (χ2n) is 7.97. The minimum atomic E-state index is -1.52. The molecule has 2 fully saturated rings. The fourth-order valence-electron chi connectivity index (χ4n) is 3.21. The first-order valence-electron chi connectivity index (χ1n) is 9.95. The van der Waals surface area contributed by atoms with Crippen molar-refractivity contribution in [2.45, 2.75) is 88.5 Å². The topological polar surface area (TPSA) is 188 Å². The maximum Gasteiger partial charge on any atom is 0.189 e. The van der Waals surface area contributed by atoms with Gasteiger partial charge in [-0.25, -0.2) is 0 Å². The third-order valence-corrected chi connectivity index (χ3v) is 5.05. The van der Waals surface area contributed by atoms with Crippen LogP contribution in [-0.4, -0.2) is 123 Å². The first-order valence-corrected chi connectivity index (χ1v) is 9.95. The highest BCUT2D eigenvalue weighted by molar-refractivity contribution is 4.87. The fourth-order valence-corrected chi connectivity index (χ4v) is 3.21. The quantitative estimate of drug-likeness (QED) is 0.167. The van der Waals surface area contributed by atoms with Crippen molar-refractivity contribution in [2.75, 3.05) is 19.8 Å². The molecule has 178 valence electrons. The van der Waals surface area contributed by atoms with E-state index in [2.05, 4.69) is 0 Å². The van der Waals surface area contributed by atoms with Crippen LogP contribution >= 0.6 is 0 Å². The van der Waals surface area contributed by atoms with Crippen LogP contribution in [-0.2, 0) is 23.7 Å². The van der Waals surface area contributed by atoms with E-state index >= 15 is 0 Å². The van der Waals surface area contributed by atoms with Gasteiger partial charge in [-0.3, -0.25) is 0 Å². The third-order valence-electron chi connectivity index (χ3n) is 5.05. The Bertz CT molecular complexity index is 508. The van der Waals surface area contributed by atoms with Crippen LogP contribution in [0.15, 0.2) is 0 Å². The smallest absolute Gasteiger partial charge is 0.189 e. The maximum absolute atomic E-state index is 10.4. The van der Waals surface area contributed by atoms with E-state index in [4.69, 9.17) is 28.8 Å². The Morgan fingerprint density at radius 1 is 0.900 bits per heavy atom. The van der Waals surface area contributed by atoms with Crippen molar-refractivity contribution >= 4 is 0 Å². The lowest BCUT2D eigenvalue weighted by atomic mass is 10.1. The molecule has 0 saturated carbocycles. The van der Waals surface area contributed by atoms with Crippen LogP contribution in [0.25, 0.3) is 0 Å². The summed E-state index contributed by atoms with van der Waals surface area (Å²) in [6, 6.07) is 0. The maximum atomic E-state index is 10.4. The number of aliphatic hydroxyl groups excluding tert-OH is 7. The van der Waals surface area contributed by atoms with E-state index < -0.39 is 74.3 Å².